The molecule has 0 spiro atoms. The minimum atomic E-state index is -0.377. The van der Waals surface area contributed by atoms with Gasteiger partial charge in [-0.3, -0.25) is 10.3 Å². The molecule has 0 bridgehead atoms. The molecule has 0 saturated carbocycles. The number of rotatable bonds is 7. The maximum absolute atomic E-state index is 11.4. The molecule has 0 amide bonds. The van der Waals surface area contributed by atoms with E-state index in [9.17, 15) is 10.0 Å². The van der Waals surface area contributed by atoms with Crippen LogP contribution in [0, 0.1) is 0 Å². The average Bonchev–Trinajstić information content (AvgIpc) is 2.54. The quantitative estimate of drug-likeness (QED) is 0.592. The van der Waals surface area contributed by atoms with Gasteiger partial charge in [-0.1, -0.05) is 6.07 Å². The first-order chi connectivity index (χ1) is 10.7. The SMILES string of the molecule is COC(=O)c1cccc(OCCCNC2=CC=CN(O)C2)c1. The highest BCUT2D eigenvalue weighted by Crippen LogP contribution is 2.14. The Kier molecular flexibility index (Phi) is 5.85. The van der Waals surface area contributed by atoms with Crippen molar-refractivity contribution in [2.45, 2.75) is 6.42 Å². The van der Waals surface area contributed by atoms with Crippen LogP contribution in [0.2, 0.25) is 0 Å². The zero-order chi connectivity index (χ0) is 15.8. The molecule has 2 N–H and O–H groups in total. The van der Waals surface area contributed by atoms with Gasteiger partial charge < -0.3 is 14.8 Å². The van der Waals surface area contributed by atoms with Crippen LogP contribution in [0.5, 0.6) is 5.75 Å². The van der Waals surface area contributed by atoms with Crippen molar-refractivity contribution < 1.29 is 19.5 Å². The molecule has 6 heteroatoms. The van der Waals surface area contributed by atoms with E-state index < -0.39 is 0 Å². The molecule has 0 radical (unpaired) electrons. The number of hydroxylamine groups is 2. The first kappa shape index (κ1) is 15.9. The van der Waals surface area contributed by atoms with Gasteiger partial charge in [-0.2, -0.15) is 0 Å². The third-order valence-corrected chi connectivity index (χ3v) is 3.08. The van der Waals surface area contributed by atoms with E-state index in [1.165, 1.54) is 7.11 Å². The lowest BCUT2D eigenvalue weighted by atomic mass is 10.2. The molecule has 1 aliphatic rings. The van der Waals surface area contributed by atoms with E-state index in [-0.39, 0.29) is 5.97 Å². The highest BCUT2D eigenvalue weighted by Gasteiger charge is 2.06. The van der Waals surface area contributed by atoms with Crippen molar-refractivity contribution in [2.75, 3.05) is 26.8 Å². The van der Waals surface area contributed by atoms with Crippen LogP contribution in [-0.4, -0.2) is 43.0 Å². The van der Waals surface area contributed by atoms with Crippen LogP contribution in [0.15, 0.2) is 48.3 Å². The number of esters is 1. The fraction of sp³-hybridized carbons (Fsp3) is 0.312. The van der Waals surface area contributed by atoms with E-state index in [1.807, 2.05) is 6.08 Å². The summed E-state index contributed by atoms with van der Waals surface area (Å²) < 4.78 is 10.3. The second-order valence-corrected chi connectivity index (χ2v) is 4.78. The summed E-state index contributed by atoms with van der Waals surface area (Å²) in [5, 5.41) is 13.7. The highest BCUT2D eigenvalue weighted by molar-refractivity contribution is 5.89. The van der Waals surface area contributed by atoms with E-state index in [0.29, 0.717) is 24.5 Å². The molecule has 0 atom stereocenters. The fourth-order valence-corrected chi connectivity index (χ4v) is 2.00. The number of benzene rings is 1. The summed E-state index contributed by atoms with van der Waals surface area (Å²) in [6.45, 7) is 1.73. The zero-order valence-electron chi connectivity index (χ0n) is 12.5. The van der Waals surface area contributed by atoms with Crippen LogP contribution in [0.25, 0.3) is 0 Å². The molecule has 118 valence electrons. The monoisotopic (exact) mass is 304 g/mol. The number of carbonyl (C=O) groups is 1. The Morgan fingerprint density at radius 1 is 1.45 bits per heavy atom. The number of nitrogens with one attached hydrogen (secondary N) is 1. The topological polar surface area (TPSA) is 71.0 Å². The summed E-state index contributed by atoms with van der Waals surface area (Å²) in [6.07, 6.45) is 6.10. The van der Waals surface area contributed by atoms with Crippen molar-refractivity contribution in [1.82, 2.24) is 10.4 Å². The van der Waals surface area contributed by atoms with E-state index in [4.69, 9.17) is 4.74 Å². The molecule has 0 unspecified atom stereocenters. The summed E-state index contributed by atoms with van der Waals surface area (Å²) in [5.41, 5.74) is 1.43. The number of ether oxygens (including phenoxy) is 2. The smallest absolute Gasteiger partial charge is 0.337 e. The Balaban J connectivity index is 1.69. The molecule has 1 aliphatic heterocycles. The maximum atomic E-state index is 11.4. The molecule has 0 saturated heterocycles. The van der Waals surface area contributed by atoms with Crippen LogP contribution in [-0.2, 0) is 4.74 Å². The van der Waals surface area contributed by atoms with Crippen LogP contribution < -0.4 is 10.1 Å². The first-order valence-electron chi connectivity index (χ1n) is 7.07. The van der Waals surface area contributed by atoms with Crippen molar-refractivity contribution in [2.24, 2.45) is 0 Å². The first-order valence-corrected chi connectivity index (χ1v) is 7.07. The molecule has 22 heavy (non-hydrogen) atoms. The molecular formula is C16H20N2O4. The van der Waals surface area contributed by atoms with Gasteiger partial charge in [0.1, 0.15) is 5.75 Å². The minimum Gasteiger partial charge on any atom is -0.494 e. The molecule has 0 aliphatic carbocycles. The third kappa shape index (κ3) is 4.82. The van der Waals surface area contributed by atoms with Crippen molar-refractivity contribution in [3.8, 4) is 5.75 Å². The molecule has 0 fully saturated rings. The molecule has 1 aromatic carbocycles. The van der Waals surface area contributed by atoms with Crippen LogP contribution in [0.4, 0.5) is 0 Å². The summed E-state index contributed by atoms with van der Waals surface area (Å²) in [7, 11) is 1.35. The molecule has 6 nitrogen and oxygen atoms in total. The van der Waals surface area contributed by atoms with Gasteiger partial charge in [0.2, 0.25) is 0 Å². The molecule has 0 aromatic heterocycles. The average molecular weight is 304 g/mol. The highest BCUT2D eigenvalue weighted by atomic mass is 16.5. The predicted octanol–water partition coefficient (Wildman–Crippen LogP) is 1.93. The predicted molar refractivity (Wildman–Crippen MR) is 81.6 cm³/mol. The Bertz CT molecular complexity index is 569. The van der Waals surface area contributed by atoms with Gasteiger partial charge in [0, 0.05) is 18.4 Å². The van der Waals surface area contributed by atoms with E-state index >= 15 is 0 Å². The van der Waals surface area contributed by atoms with Crippen LogP contribution >= 0.6 is 0 Å². The maximum Gasteiger partial charge on any atom is 0.337 e. The fourth-order valence-electron chi connectivity index (χ4n) is 2.00. The van der Waals surface area contributed by atoms with E-state index in [2.05, 4.69) is 10.1 Å². The van der Waals surface area contributed by atoms with E-state index in [0.717, 1.165) is 23.7 Å². The Labute approximate surface area is 129 Å². The zero-order valence-corrected chi connectivity index (χ0v) is 12.5. The van der Waals surface area contributed by atoms with E-state index in [1.54, 1.807) is 36.5 Å². The van der Waals surface area contributed by atoms with Crippen molar-refractivity contribution in [3.63, 3.8) is 0 Å². The van der Waals surface area contributed by atoms with Gasteiger partial charge in [-0.15, -0.1) is 0 Å². The van der Waals surface area contributed by atoms with Gasteiger partial charge in [0.15, 0.2) is 0 Å². The Morgan fingerprint density at radius 2 is 2.32 bits per heavy atom. The van der Waals surface area contributed by atoms with Crippen LogP contribution in [0.3, 0.4) is 0 Å². The number of nitrogens with zero attached hydrogens (tertiary/aromatic N) is 1. The van der Waals surface area contributed by atoms with Crippen molar-refractivity contribution in [3.05, 3.63) is 53.9 Å². The van der Waals surface area contributed by atoms with Crippen molar-refractivity contribution >= 4 is 5.97 Å². The molecule has 1 aromatic rings. The van der Waals surface area contributed by atoms with Crippen molar-refractivity contribution in [1.29, 1.82) is 0 Å². The molecular weight excluding hydrogens is 284 g/mol. The standard InChI is InChI=1S/C16H20N2O4/c1-21-16(19)13-5-2-7-15(11-13)22-10-4-8-17-14-6-3-9-18(20)12-14/h2-3,5-7,9,11,17,20H,4,8,10,12H2,1H3. The summed E-state index contributed by atoms with van der Waals surface area (Å²) >= 11 is 0. The lowest BCUT2D eigenvalue weighted by Gasteiger charge is -2.19. The summed E-state index contributed by atoms with van der Waals surface area (Å²) in [5.74, 6) is 0.266. The molecule has 2 rings (SSSR count). The summed E-state index contributed by atoms with van der Waals surface area (Å²) in [4.78, 5) is 11.4. The Hall–Kier alpha value is -2.47. The number of hydrogen-bond donors (Lipinski definition) is 2. The number of carbonyl (C=O) groups excluding carboxylic acids is 1. The summed E-state index contributed by atoms with van der Waals surface area (Å²) in [6, 6.07) is 6.91. The van der Waals surface area contributed by atoms with Gasteiger partial charge in [-0.25, -0.2) is 4.79 Å². The lowest BCUT2D eigenvalue weighted by Crippen LogP contribution is -2.27. The number of allylic oxidation sites excluding steroid dienone is 2. The van der Waals surface area contributed by atoms with Gasteiger partial charge >= 0.3 is 5.97 Å². The lowest BCUT2D eigenvalue weighted by molar-refractivity contribution is -0.0341. The van der Waals surface area contributed by atoms with Gasteiger partial charge in [0.05, 0.1) is 25.8 Å². The normalized spacial score (nSPS) is 13.5. The van der Waals surface area contributed by atoms with Crippen LogP contribution in [0.1, 0.15) is 16.8 Å². The number of hydrogen-bond acceptors (Lipinski definition) is 6. The molecule has 1 heterocycles. The second kappa shape index (κ2) is 8.09. The second-order valence-electron chi connectivity index (χ2n) is 4.78. The minimum absolute atomic E-state index is 0.377. The van der Waals surface area contributed by atoms with Gasteiger partial charge in [0.25, 0.3) is 0 Å². The largest absolute Gasteiger partial charge is 0.494 e. The van der Waals surface area contributed by atoms with Gasteiger partial charge in [-0.05, 0) is 36.8 Å². The number of methoxy groups -OCH3 is 1. The Morgan fingerprint density at radius 3 is 3.09 bits per heavy atom. The third-order valence-electron chi connectivity index (χ3n) is 3.08.